The number of rotatable bonds is 4. The zero-order chi connectivity index (χ0) is 21.3. The largest absolute Gasteiger partial charge is 0.342 e. The molecular weight excluding hydrogens is 400 g/mol. The quantitative estimate of drug-likeness (QED) is 0.811. The van der Waals surface area contributed by atoms with Gasteiger partial charge in [0, 0.05) is 37.9 Å². The SMILES string of the molecule is CCC(C)C(=O)N1CCCC(c2nc3c(c(=O)[nH]2)CN(C(=O)c2cccs2)CC3)C1. The van der Waals surface area contributed by atoms with Gasteiger partial charge in [0.25, 0.3) is 11.5 Å². The Bertz CT molecular complexity index is 985. The average molecular weight is 429 g/mol. The zero-order valence-corrected chi connectivity index (χ0v) is 18.3. The van der Waals surface area contributed by atoms with Crippen molar-refractivity contribution >= 4 is 23.2 Å². The van der Waals surface area contributed by atoms with E-state index in [1.165, 1.54) is 11.3 Å². The monoisotopic (exact) mass is 428 g/mol. The predicted octanol–water partition coefficient (Wildman–Crippen LogP) is 2.78. The van der Waals surface area contributed by atoms with E-state index in [9.17, 15) is 14.4 Å². The molecule has 30 heavy (non-hydrogen) atoms. The fourth-order valence-corrected chi connectivity index (χ4v) is 4.94. The molecule has 2 aliphatic rings. The van der Waals surface area contributed by atoms with Gasteiger partial charge in [0.2, 0.25) is 5.91 Å². The average Bonchev–Trinajstić information content (AvgIpc) is 3.32. The number of hydrogen-bond donors (Lipinski definition) is 1. The molecule has 8 heteroatoms. The van der Waals surface area contributed by atoms with Gasteiger partial charge in [0.1, 0.15) is 5.82 Å². The van der Waals surface area contributed by atoms with Crippen molar-refractivity contribution in [3.8, 4) is 0 Å². The van der Waals surface area contributed by atoms with E-state index in [1.54, 1.807) is 4.90 Å². The first kappa shape index (κ1) is 20.8. The molecule has 0 bridgehead atoms. The Labute approximate surface area is 180 Å². The predicted molar refractivity (Wildman–Crippen MR) is 116 cm³/mol. The van der Waals surface area contributed by atoms with Gasteiger partial charge in [-0.25, -0.2) is 4.98 Å². The fourth-order valence-electron chi connectivity index (χ4n) is 4.25. The molecule has 1 fully saturated rings. The minimum absolute atomic E-state index is 0.0196. The van der Waals surface area contributed by atoms with Crippen LogP contribution in [0.25, 0.3) is 0 Å². The number of nitrogens with zero attached hydrogens (tertiary/aromatic N) is 3. The summed E-state index contributed by atoms with van der Waals surface area (Å²) in [5, 5.41) is 1.88. The van der Waals surface area contributed by atoms with Crippen LogP contribution in [0.4, 0.5) is 0 Å². The summed E-state index contributed by atoms with van der Waals surface area (Å²) in [7, 11) is 0. The van der Waals surface area contributed by atoms with Gasteiger partial charge in [-0.3, -0.25) is 14.4 Å². The number of aromatic amines is 1. The van der Waals surface area contributed by atoms with Crippen molar-refractivity contribution in [2.24, 2.45) is 5.92 Å². The van der Waals surface area contributed by atoms with Gasteiger partial charge >= 0.3 is 0 Å². The van der Waals surface area contributed by atoms with Crippen molar-refractivity contribution < 1.29 is 9.59 Å². The number of piperidine rings is 1. The molecule has 1 saturated heterocycles. The van der Waals surface area contributed by atoms with Crippen molar-refractivity contribution in [2.45, 2.75) is 52.0 Å². The highest BCUT2D eigenvalue weighted by Gasteiger charge is 2.30. The van der Waals surface area contributed by atoms with Gasteiger partial charge in [0.15, 0.2) is 0 Å². The number of aromatic nitrogens is 2. The van der Waals surface area contributed by atoms with E-state index in [0.29, 0.717) is 35.8 Å². The van der Waals surface area contributed by atoms with Crippen LogP contribution in [0.3, 0.4) is 0 Å². The molecule has 2 aromatic rings. The Balaban J connectivity index is 1.51. The number of amides is 2. The lowest BCUT2D eigenvalue weighted by Gasteiger charge is -2.34. The van der Waals surface area contributed by atoms with Crippen LogP contribution in [0.2, 0.25) is 0 Å². The Kier molecular flexibility index (Phi) is 6.04. The van der Waals surface area contributed by atoms with E-state index < -0.39 is 0 Å². The van der Waals surface area contributed by atoms with Crippen molar-refractivity contribution in [2.75, 3.05) is 19.6 Å². The number of H-pyrrole nitrogens is 1. The lowest BCUT2D eigenvalue weighted by atomic mass is 9.95. The Morgan fingerprint density at radius 1 is 1.33 bits per heavy atom. The zero-order valence-electron chi connectivity index (χ0n) is 17.5. The summed E-state index contributed by atoms with van der Waals surface area (Å²) >= 11 is 1.41. The topological polar surface area (TPSA) is 86.4 Å². The number of carbonyl (C=O) groups is 2. The van der Waals surface area contributed by atoms with Crippen molar-refractivity contribution in [1.82, 2.24) is 19.8 Å². The smallest absolute Gasteiger partial charge is 0.264 e. The Morgan fingerprint density at radius 3 is 2.90 bits per heavy atom. The van der Waals surface area contributed by atoms with Crippen LogP contribution in [0.5, 0.6) is 0 Å². The number of nitrogens with one attached hydrogen (secondary N) is 1. The van der Waals surface area contributed by atoms with E-state index in [4.69, 9.17) is 4.98 Å². The third-order valence-electron chi connectivity index (χ3n) is 6.26. The summed E-state index contributed by atoms with van der Waals surface area (Å²) in [6.45, 7) is 6.22. The van der Waals surface area contributed by atoms with Crippen molar-refractivity contribution in [1.29, 1.82) is 0 Å². The minimum atomic E-state index is -0.163. The fraction of sp³-hybridized carbons (Fsp3) is 0.545. The summed E-state index contributed by atoms with van der Waals surface area (Å²) in [6.07, 6.45) is 3.23. The molecule has 2 atom stereocenters. The van der Waals surface area contributed by atoms with Gasteiger partial charge in [-0.05, 0) is 30.7 Å². The second kappa shape index (κ2) is 8.71. The number of thiophene rings is 1. The molecule has 0 saturated carbocycles. The van der Waals surface area contributed by atoms with E-state index in [0.717, 1.165) is 31.5 Å². The molecule has 2 aliphatic heterocycles. The van der Waals surface area contributed by atoms with Gasteiger partial charge in [0.05, 0.1) is 22.7 Å². The van der Waals surface area contributed by atoms with Gasteiger partial charge < -0.3 is 14.8 Å². The molecule has 2 amide bonds. The van der Waals surface area contributed by atoms with E-state index >= 15 is 0 Å². The third-order valence-corrected chi connectivity index (χ3v) is 7.12. The minimum Gasteiger partial charge on any atom is -0.342 e. The molecule has 160 valence electrons. The highest BCUT2D eigenvalue weighted by Crippen LogP contribution is 2.27. The molecule has 0 aromatic carbocycles. The normalized spacial score (nSPS) is 20.0. The van der Waals surface area contributed by atoms with E-state index in [-0.39, 0.29) is 35.8 Å². The van der Waals surface area contributed by atoms with Gasteiger partial charge in [-0.15, -0.1) is 11.3 Å². The maximum atomic E-state index is 12.8. The third kappa shape index (κ3) is 4.05. The number of hydrogen-bond acceptors (Lipinski definition) is 5. The maximum Gasteiger partial charge on any atom is 0.264 e. The molecule has 2 aromatic heterocycles. The molecule has 0 aliphatic carbocycles. The number of likely N-dealkylation sites (tertiary alicyclic amines) is 1. The van der Waals surface area contributed by atoms with Gasteiger partial charge in [-0.1, -0.05) is 19.9 Å². The first-order chi connectivity index (χ1) is 14.5. The summed E-state index contributed by atoms with van der Waals surface area (Å²) in [4.78, 5) is 50.2. The molecule has 7 nitrogen and oxygen atoms in total. The summed E-state index contributed by atoms with van der Waals surface area (Å²) < 4.78 is 0. The van der Waals surface area contributed by atoms with E-state index in [1.807, 2.05) is 36.3 Å². The van der Waals surface area contributed by atoms with Crippen LogP contribution in [-0.2, 0) is 17.8 Å². The maximum absolute atomic E-state index is 12.8. The standard InChI is InChI=1S/C22H28N4O3S/c1-3-14(2)21(28)25-9-4-6-15(12-25)19-23-17-8-10-26(13-16(17)20(27)24-19)22(29)18-7-5-11-30-18/h5,7,11,14-15H,3-4,6,8-10,12-13H2,1-2H3,(H,23,24,27). The summed E-state index contributed by atoms with van der Waals surface area (Å²) in [5.41, 5.74) is 1.21. The van der Waals surface area contributed by atoms with Crippen LogP contribution >= 0.6 is 11.3 Å². The summed E-state index contributed by atoms with van der Waals surface area (Å²) in [6, 6.07) is 3.67. The molecule has 4 rings (SSSR count). The Hall–Kier alpha value is -2.48. The first-order valence-electron chi connectivity index (χ1n) is 10.7. The van der Waals surface area contributed by atoms with Crippen LogP contribution < -0.4 is 5.56 Å². The van der Waals surface area contributed by atoms with Crippen LogP contribution in [0.15, 0.2) is 22.3 Å². The second-order valence-electron chi connectivity index (χ2n) is 8.26. The van der Waals surface area contributed by atoms with Crippen LogP contribution in [-0.4, -0.2) is 51.2 Å². The highest BCUT2D eigenvalue weighted by atomic mass is 32.1. The Morgan fingerprint density at radius 2 is 2.17 bits per heavy atom. The molecular formula is C22H28N4O3S. The first-order valence-corrected chi connectivity index (χ1v) is 11.6. The van der Waals surface area contributed by atoms with Crippen molar-refractivity contribution in [3.05, 3.63) is 49.8 Å². The lowest BCUT2D eigenvalue weighted by molar-refractivity contribution is -0.136. The van der Waals surface area contributed by atoms with Crippen LogP contribution in [0, 0.1) is 5.92 Å². The second-order valence-corrected chi connectivity index (χ2v) is 9.21. The van der Waals surface area contributed by atoms with Crippen LogP contribution in [0.1, 0.15) is 65.8 Å². The molecule has 2 unspecified atom stereocenters. The summed E-state index contributed by atoms with van der Waals surface area (Å²) in [5.74, 6) is 0.899. The van der Waals surface area contributed by atoms with Crippen molar-refractivity contribution in [3.63, 3.8) is 0 Å². The molecule has 0 spiro atoms. The number of carbonyl (C=O) groups excluding carboxylic acids is 2. The highest BCUT2D eigenvalue weighted by molar-refractivity contribution is 7.12. The number of fused-ring (bicyclic) bond motifs is 1. The van der Waals surface area contributed by atoms with Gasteiger partial charge in [-0.2, -0.15) is 0 Å². The lowest BCUT2D eigenvalue weighted by Crippen LogP contribution is -2.43. The molecule has 0 radical (unpaired) electrons. The van der Waals surface area contributed by atoms with E-state index in [2.05, 4.69) is 4.98 Å². The molecule has 4 heterocycles. The molecule has 1 N–H and O–H groups in total.